The summed E-state index contributed by atoms with van der Waals surface area (Å²) < 4.78 is 5.07. The van der Waals surface area contributed by atoms with Crippen molar-refractivity contribution in [3.05, 3.63) is 77.1 Å². The number of amides is 2. The Hall–Kier alpha value is -4.10. The molecule has 7 heteroatoms. The van der Waals surface area contributed by atoms with Crippen LogP contribution in [0.25, 0.3) is 0 Å². The van der Waals surface area contributed by atoms with Gasteiger partial charge in [0.05, 0.1) is 7.11 Å². The zero-order valence-electron chi connectivity index (χ0n) is 14.6. The number of methoxy groups -OCH3 is 1. The van der Waals surface area contributed by atoms with Crippen LogP contribution in [-0.2, 0) is 6.54 Å². The maximum absolute atomic E-state index is 12.0. The summed E-state index contributed by atoms with van der Waals surface area (Å²) >= 11 is 0. The number of hydrogen-bond donors (Lipinski definition) is 2. The van der Waals surface area contributed by atoms with Crippen LogP contribution in [0.3, 0.4) is 0 Å². The normalized spacial score (nSPS) is 11.1. The van der Waals surface area contributed by atoms with Crippen molar-refractivity contribution in [2.24, 2.45) is 4.99 Å². The SMILES string of the molecule is COc1ccc(C=N/C(C#N)=C(\C#N)NC(=O)NCc2ccccc2)cc1. The number of aliphatic imine (C=N–C) groups is 1. The predicted octanol–water partition coefficient (Wildman–Crippen LogP) is 2.87. The smallest absolute Gasteiger partial charge is 0.320 e. The quantitative estimate of drug-likeness (QED) is 0.610. The molecule has 0 aliphatic rings. The summed E-state index contributed by atoms with van der Waals surface area (Å²) in [5.41, 5.74) is 1.21. The number of rotatable bonds is 6. The summed E-state index contributed by atoms with van der Waals surface area (Å²) in [6.45, 7) is 0.294. The molecule has 0 fully saturated rings. The molecule has 0 aromatic heterocycles. The Morgan fingerprint density at radius 1 is 1.11 bits per heavy atom. The van der Waals surface area contributed by atoms with Crippen molar-refractivity contribution in [3.8, 4) is 17.9 Å². The minimum Gasteiger partial charge on any atom is -0.497 e. The zero-order chi connectivity index (χ0) is 19.5. The highest BCUT2D eigenvalue weighted by atomic mass is 16.5. The van der Waals surface area contributed by atoms with Gasteiger partial charge in [-0.25, -0.2) is 9.79 Å². The topological polar surface area (TPSA) is 110 Å². The molecule has 27 heavy (non-hydrogen) atoms. The van der Waals surface area contributed by atoms with Gasteiger partial charge in [0.2, 0.25) is 0 Å². The van der Waals surface area contributed by atoms with Crippen LogP contribution in [0.5, 0.6) is 5.75 Å². The third kappa shape index (κ3) is 6.04. The van der Waals surface area contributed by atoms with E-state index in [4.69, 9.17) is 4.74 Å². The van der Waals surface area contributed by atoms with Gasteiger partial charge in [-0.15, -0.1) is 0 Å². The molecule has 0 aliphatic heterocycles. The molecule has 0 aliphatic carbocycles. The van der Waals surface area contributed by atoms with Crippen LogP contribution < -0.4 is 15.4 Å². The Morgan fingerprint density at radius 2 is 1.81 bits per heavy atom. The lowest BCUT2D eigenvalue weighted by Crippen LogP contribution is -2.34. The molecule has 0 radical (unpaired) electrons. The zero-order valence-corrected chi connectivity index (χ0v) is 14.6. The Bertz CT molecular complexity index is 920. The Labute approximate surface area is 157 Å². The lowest BCUT2D eigenvalue weighted by Gasteiger charge is -2.07. The molecule has 2 amide bonds. The highest BCUT2D eigenvalue weighted by molar-refractivity contribution is 5.82. The summed E-state index contributed by atoms with van der Waals surface area (Å²) in [7, 11) is 1.56. The first-order valence-corrected chi connectivity index (χ1v) is 7.97. The van der Waals surface area contributed by atoms with Crippen LogP contribution >= 0.6 is 0 Å². The molecule has 0 saturated heterocycles. The fraction of sp³-hybridized carbons (Fsp3) is 0.100. The molecule has 0 spiro atoms. The Kier molecular flexibility index (Phi) is 7.13. The predicted molar refractivity (Wildman–Crippen MR) is 101 cm³/mol. The van der Waals surface area contributed by atoms with Crippen LogP contribution in [0.2, 0.25) is 0 Å². The lowest BCUT2D eigenvalue weighted by molar-refractivity contribution is 0.243. The Balaban J connectivity index is 2.05. The van der Waals surface area contributed by atoms with Crippen molar-refractivity contribution in [2.75, 3.05) is 7.11 Å². The van der Waals surface area contributed by atoms with Crippen molar-refractivity contribution in [1.29, 1.82) is 10.5 Å². The van der Waals surface area contributed by atoms with Gasteiger partial charge in [-0.05, 0) is 35.4 Å². The molecular weight excluding hydrogens is 342 g/mol. The van der Waals surface area contributed by atoms with E-state index in [1.807, 2.05) is 36.4 Å². The summed E-state index contributed by atoms with van der Waals surface area (Å²) in [6.07, 6.45) is 1.43. The molecule has 0 unspecified atom stereocenters. The standard InChI is InChI=1S/C20H17N5O2/c1-27-17-9-7-16(8-10-17)13-23-18(11-21)19(12-22)25-20(26)24-14-15-5-3-2-4-6-15/h2-10,13H,14H2,1H3,(H2,24,25,26)/b19-18+,23-13?. The third-order valence-electron chi connectivity index (χ3n) is 3.45. The number of urea groups is 1. The first-order chi connectivity index (χ1) is 13.2. The first-order valence-electron chi connectivity index (χ1n) is 7.97. The summed E-state index contributed by atoms with van der Waals surface area (Å²) in [5, 5.41) is 23.5. The molecule has 134 valence electrons. The summed E-state index contributed by atoms with van der Waals surface area (Å²) in [6, 6.07) is 19.3. The van der Waals surface area contributed by atoms with Gasteiger partial charge in [0, 0.05) is 12.8 Å². The molecular formula is C20H17N5O2. The molecule has 0 heterocycles. The Morgan fingerprint density at radius 3 is 2.41 bits per heavy atom. The monoisotopic (exact) mass is 359 g/mol. The summed E-state index contributed by atoms with van der Waals surface area (Å²) in [4.78, 5) is 16.0. The minimum atomic E-state index is -0.595. The largest absolute Gasteiger partial charge is 0.497 e. The fourth-order valence-corrected chi connectivity index (χ4v) is 2.05. The second kappa shape index (κ2) is 10.0. The highest BCUT2D eigenvalue weighted by Crippen LogP contribution is 2.10. The summed E-state index contributed by atoms with van der Waals surface area (Å²) in [5.74, 6) is 0.692. The van der Waals surface area contributed by atoms with Gasteiger partial charge >= 0.3 is 6.03 Å². The average molecular weight is 359 g/mol. The van der Waals surface area contributed by atoms with E-state index in [1.54, 1.807) is 37.4 Å². The second-order valence-corrected chi connectivity index (χ2v) is 5.27. The molecule has 0 saturated carbocycles. The van der Waals surface area contributed by atoms with E-state index in [0.717, 1.165) is 11.1 Å². The molecule has 2 aromatic rings. The average Bonchev–Trinajstić information content (AvgIpc) is 2.72. The third-order valence-corrected chi connectivity index (χ3v) is 3.45. The number of hydrogen-bond acceptors (Lipinski definition) is 5. The maximum atomic E-state index is 12.0. The van der Waals surface area contributed by atoms with E-state index in [1.165, 1.54) is 6.21 Å². The van der Waals surface area contributed by atoms with E-state index in [-0.39, 0.29) is 11.4 Å². The van der Waals surface area contributed by atoms with Crippen molar-refractivity contribution in [1.82, 2.24) is 10.6 Å². The van der Waals surface area contributed by atoms with Crippen LogP contribution in [0, 0.1) is 22.7 Å². The number of nitrogens with one attached hydrogen (secondary N) is 2. The number of carbonyl (C=O) groups is 1. The van der Waals surface area contributed by atoms with E-state index < -0.39 is 6.03 Å². The lowest BCUT2D eigenvalue weighted by atomic mass is 10.2. The van der Waals surface area contributed by atoms with Gasteiger partial charge in [-0.2, -0.15) is 10.5 Å². The maximum Gasteiger partial charge on any atom is 0.320 e. The molecule has 2 rings (SSSR count). The number of nitrogens with zero attached hydrogens (tertiary/aromatic N) is 3. The molecule has 0 atom stereocenters. The van der Waals surface area contributed by atoms with E-state index >= 15 is 0 Å². The molecule has 0 bridgehead atoms. The van der Waals surface area contributed by atoms with Crippen molar-refractivity contribution in [3.63, 3.8) is 0 Å². The number of carbonyl (C=O) groups excluding carboxylic acids is 1. The van der Waals surface area contributed by atoms with Gasteiger partial charge in [-0.3, -0.25) is 5.32 Å². The fourth-order valence-electron chi connectivity index (χ4n) is 2.05. The van der Waals surface area contributed by atoms with Crippen molar-refractivity contribution in [2.45, 2.75) is 6.54 Å². The number of benzene rings is 2. The molecule has 7 nitrogen and oxygen atoms in total. The molecule has 2 N–H and O–H groups in total. The molecule has 2 aromatic carbocycles. The van der Waals surface area contributed by atoms with Crippen LogP contribution in [-0.4, -0.2) is 19.4 Å². The minimum absolute atomic E-state index is 0.192. The van der Waals surface area contributed by atoms with E-state index in [9.17, 15) is 15.3 Å². The van der Waals surface area contributed by atoms with Gasteiger partial charge in [-0.1, -0.05) is 30.3 Å². The van der Waals surface area contributed by atoms with E-state index in [0.29, 0.717) is 12.3 Å². The first kappa shape index (κ1) is 19.2. The van der Waals surface area contributed by atoms with E-state index in [2.05, 4.69) is 15.6 Å². The van der Waals surface area contributed by atoms with Crippen LogP contribution in [0.15, 0.2) is 71.0 Å². The second-order valence-electron chi connectivity index (χ2n) is 5.27. The van der Waals surface area contributed by atoms with Gasteiger partial charge < -0.3 is 10.1 Å². The number of nitriles is 2. The highest BCUT2D eigenvalue weighted by Gasteiger charge is 2.09. The number of allylic oxidation sites excluding steroid dienone is 2. The van der Waals surface area contributed by atoms with Crippen molar-refractivity contribution >= 4 is 12.2 Å². The van der Waals surface area contributed by atoms with Crippen molar-refractivity contribution < 1.29 is 9.53 Å². The van der Waals surface area contributed by atoms with Gasteiger partial charge in [0.15, 0.2) is 11.4 Å². The van der Waals surface area contributed by atoms with Crippen LogP contribution in [0.1, 0.15) is 11.1 Å². The number of ether oxygens (including phenoxy) is 1. The van der Waals surface area contributed by atoms with Crippen LogP contribution in [0.4, 0.5) is 4.79 Å². The van der Waals surface area contributed by atoms with Gasteiger partial charge in [0.1, 0.15) is 17.9 Å². The van der Waals surface area contributed by atoms with Gasteiger partial charge in [0.25, 0.3) is 0 Å².